The van der Waals surface area contributed by atoms with Gasteiger partial charge in [-0.15, -0.1) is 0 Å². The molecule has 0 bridgehead atoms. The second-order valence-electron chi connectivity index (χ2n) is 7.23. The van der Waals surface area contributed by atoms with E-state index in [1.165, 1.54) is 12.3 Å². The number of halogens is 3. The van der Waals surface area contributed by atoms with Crippen molar-refractivity contribution in [1.29, 1.82) is 0 Å². The van der Waals surface area contributed by atoms with E-state index in [2.05, 4.69) is 20.7 Å². The number of nitrogens with zero attached hydrogens (tertiary/aromatic N) is 3. The molecule has 174 valence electrons. The number of aromatic nitrogens is 3. The zero-order chi connectivity index (χ0) is 24.0. The first kappa shape index (κ1) is 23.8. The summed E-state index contributed by atoms with van der Waals surface area (Å²) in [6.45, 7) is 3.62. The highest BCUT2D eigenvalue weighted by Gasteiger charge is 2.39. The van der Waals surface area contributed by atoms with Crippen LogP contribution in [0.2, 0.25) is 0 Å². The topological polar surface area (TPSA) is 98.1 Å². The minimum atomic E-state index is -4.81. The maximum absolute atomic E-state index is 13.4. The predicted octanol–water partition coefficient (Wildman–Crippen LogP) is 3.23. The minimum Gasteiger partial charge on any atom is -0.475 e. The molecule has 0 aliphatic carbocycles. The Morgan fingerprint density at radius 2 is 1.70 bits per heavy atom. The van der Waals surface area contributed by atoms with Crippen LogP contribution in [0.5, 0.6) is 5.88 Å². The number of alkyl halides is 3. The molecule has 0 unspecified atom stereocenters. The van der Waals surface area contributed by atoms with Crippen molar-refractivity contribution < 1.29 is 27.5 Å². The highest BCUT2D eigenvalue weighted by molar-refractivity contribution is 5.96. The van der Waals surface area contributed by atoms with Gasteiger partial charge in [-0.3, -0.25) is 9.59 Å². The van der Waals surface area contributed by atoms with Gasteiger partial charge < -0.3 is 15.4 Å². The van der Waals surface area contributed by atoms with E-state index in [0.29, 0.717) is 11.6 Å². The number of carbonyl (C=O) groups excluding carboxylic acids is 2. The van der Waals surface area contributed by atoms with Gasteiger partial charge in [0.1, 0.15) is 0 Å². The Kier molecular flexibility index (Phi) is 7.31. The lowest BCUT2D eigenvalue weighted by Crippen LogP contribution is -2.35. The predicted molar refractivity (Wildman–Crippen MR) is 113 cm³/mol. The summed E-state index contributed by atoms with van der Waals surface area (Å²) >= 11 is 0. The van der Waals surface area contributed by atoms with Crippen LogP contribution in [0.25, 0.3) is 5.69 Å². The van der Waals surface area contributed by atoms with Crippen molar-refractivity contribution in [3.05, 3.63) is 71.7 Å². The number of hydrogen-bond donors (Lipinski definition) is 2. The molecule has 0 atom stereocenters. The third-order valence-corrected chi connectivity index (χ3v) is 4.30. The molecule has 0 radical (unpaired) electrons. The molecule has 3 aromatic rings. The van der Waals surface area contributed by atoms with Crippen LogP contribution in [0, 0.1) is 0 Å². The Morgan fingerprint density at radius 3 is 2.27 bits per heavy atom. The van der Waals surface area contributed by atoms with Gasteiger partial charge in [0, 0.05) is 31.5 Å². The second-order valence-corrected chi connectivity index (χ2v) is 7.23. The Hall–Kier alpha value is -3.89. The number of rotatable bonds is 8. The number of amides is 2. The molecule has 11 heteroatoms. The lowest BCUT2D eigenvalue weighted by molar-refractivity contribution is -0.141. The highest BCUT2D eigenvalue weighted by Crippen LogP contribution is 2.31. The van der Waals surface area contributed by atoms with E-state index in [4.69, 9.17) is 4.74 Å². The second kappa shape index (κ2) is 10.2. The van der Waals surface area contributed by atoms with Crippen molar-refractivity contribution in [2.24, 2.45) is 0 Å². The average Bonchev–Trinajstić information content (AvgIpc) is 3.23. The summed E-state index contributed by atoms with van der Waals surface area (Å²) in [6, 6.07) is 11.2. The summed E-state index contributed by atoms with van der Waals surface area (Å²) in [5, 5.41) is 8.47. The molecule has 1 aromatic carbocycles. The SMILES string of the molecule is CC(C)Oc1ccc(C(=O)NCCNC(=O)c2cn(-c3ccccc3)nc2C(F)(F)F)cn1. The van der Waals surface area contributed by atoms with Crippen LogP contribution in [0.3, 0.4) is 0 Å². The normalized spacial score (nSPS) is 11.3. The fourth-order valence-electron chi connectivity index (χ4n) is 2.84. The molecule has 0 aliphatic heterocycles. The number of para-hydroxylation sites is 1. The molecule has 0 saturated carbocycles. The highest BCUT2D eigenvalue weighted by atomic mass is 19.4. The first-order chi connectivity index (χ1) is 15.6. The van der Waals surface area contributed by atoms with Crippen molar-refractivity contribution in [3.8, 4) is 11.6 Å². The van der Waals surface area contributed by atoms with E-state index in [9.17, 15) is 22.8 Å². The van der Waals surface area contributed by atoms with Crippen LogP contribution in [0.4, 0.5) is 13.2 Å². The minimum absolute atomic E-state index is 0.00297. The third-order valence-electron chi connectivity index (χ3n) is 4.30. The van der Waals surface area contributed by atoms with Crippen LogP contribution in [0.15, 0.2) is 54.9 Å². The van der Waals surface area contributed by atoms with Crippen LogP contribution in [-0.4, -0.2) is 45.8 Å². The summed E-state index contributed by atoms with van der Waals surface area (Å²) < 4.78 is 46.6. The molecule has 0 fully saturated rings. The van der Waals surface area contributed by atoms with Gasteiger partial charge in [-0.05, 0) is 32.0 Å². The van der Waals surface area contributed by atoms with Crippen molar-refractivity contribution in [3.63, 3.8) is 0 Å². The van der Waals surface area contributed by atoms with Gasteiger partial charge in [-0.2, -0.15) is 18.3 Å². The lowest BCUT2D eigenvalue weighted by atomic mass is 10.2. The first-order valence-electron chi connectivity index (χ1n) is 10.1. The van der Waals surface area contributed by atoms with Gasteiger partial charge in [0.15, 0.2) is 5.69 Å². The Bertz CT molecular complexity index is 1100. The molecule has 2 aromatic heterocycles. The average molecular weight is 461 g/mol. The molecule has 0 aliphatic rings. The van der Waals surface area contributed by atoms with Crippen molar-refractivity contribution >= 4 is 11.8 Å². The Morgan fingerprint density at radius 1 is 1.03 bits per heavy atom. The van der Waals surface area contributed by atoms with E-state index < -0.39 is 29.2 Å². The third kappa shape index (κ3) is 6.31. The molecular formula is C22H22F3N5O3. The zero-order valence-corrected chi connectivity index (χ0v) is 17.9. The van der Waals surface area contributed by atoms with Crippen LogP contribution in [-0.2, 0) is 6.18 Å². The number of nitrogens with one attached hydrogen (secondary N) is 2. The number of benzene rings is 1. The maximum Gasteiger partial charge on any atom is 0.435 e. The van der Waals surface area contributed by atoms with Gasteiger partial charge in [-0.1, -0.05) is 18.2 Å². The van der Waals surface area contributed by atoms with Gasteiger partial charge in [0.2, 0.25) is 5.88 Å². The Labute approximate surface area is 187 Å². The lowest BCUT2D eigenvalue weighted by Gasteiger charge is -2.10. The summed E-state index contributed by atoms with van der Waals surface area (Å²) in [7, 11) is 0. The van der Waals surface area contributed by atoms with Gasteiger partial charge in [-0.25, -0.2) is 9.67 Å². The fraction of sp³-hybridized carbons (Fsp3) is 0.273. The molecule has 2 N–H and O–H groups in total. The summed E-state index contributed by atoms with van der Waals surface area (Å²) in [4.78, 5) is 28.6. The molecule has 0 saturated heterocycles. The van der Waals surface area contributed by atoms with Crippen molar-refractivity contribution in [1.82, 2.24) is 25.4 Å². The number of ether oxygens (including phenoxy) is 1. The standard InChI is InChI=1S/C22H22F3N5O3/c1-14(2)33-18-9-8-15(12-28-18)20(31)26-10-11-27-21(32)17-13-30(16-6-4-3-5-7-16)29-19(17)22(23,24)25/h3-9,12-14H,10-11H2,1-2H3,(H,26,31)(H,27,32). The van der Waals surface area contributed by atoms with E-state index in [-0.39, 0.29) is 24.8 Å². The number of carbonyl (C=O) groups is 2. The molecule has 2 amide bonds. The number of pyridine rings is 1. The van der Waals surface area contributed by atoms with E-state index in [1.54, 1.807) is 36.4 Å². The fourth-order valence-corrected chi connectivity index (χ4v) is 2.84. The smallest absolute Gasteiger partial charge is 0.435 e. The van der Waals surface area contributed by atoms with E-state index in [1.807, 2.05) is 13.8 Å². The van der Waals surface area contributed by atoms with Crippen molar-refractivity contribution in [2.45, 2.75) is 26.1 Å². The largest absolute Gasteiger partial charge is 0.475 e. The molecule has 33 heavy (non-hydrogen) atoms. The maximum atomic E-state index is 13.4. The summed E-state index contributed by atoms with van der Waals surface area (Å²) in [5.41, 5.74) is -1.24. The van der Waals surface area contributed by atoms with Crippen LogP contribution in [0.1, 0.15) is 40.3 Å². The molecule has 8 nitrogen and oxygen atoms in total. The van der Waals surface area contributed by atoms with Gasteiger partial charge in [0.25, 0.3) is 11.8 Å². The molecular weight excluding hydrogens is 439 g/mol. The summed E-state index contributed by atoms with van der Waals surface area (Å²) in [5.74, 6) is -1.01. The van der Waals surface area contributed by atoms with E-state index >= 15 is 0 Å². The Balaban J connectivity index is 1.58. The van der Waals surface area contributed by atoms with Gasteiger partial charge >= 0.3 is 6.18 Å². The monoisotopic (exact) mass is 461 g/mol. The zero-order valence-electron chi connectivity index (χ0n) is 17.9. The number of hydrogen-bond acceptors (Lipinski definition) is 5. The van der Waals surface area contributed by atoms with E-state index in [0.717, 1.165) is 10.9 Å². The van der Waals surface area contributed by atoms with Crippen molar-refractivity contribution in [2.75, 3.05) is 13.1 Å². The van der Waals surface area contributed by atoms with Crippen LogP contribution < -0.4 is 15.4 Å². The first-order valence-corrected chi connectivity index (χ1v) is 10.1. The van der Waals surface area contributed by atoms with Gasteiger partial charge in [0.05, 0.1) is 22.9 Å². The molecule has 2 heterocycles. The molecule has 0 spiro atoms. The van der Waals surface area contributed by atoms with Crippen LogP contribution >= 0.6 is 0 Å². The quantitative estimate of drug-likeness (QED) is 0.502. The summed E-state index contributed by atoms with van der Waals surface area (Å²) in [6.07, 6.45) is -2.49. The molecule has 3 rings (SSSR count).